The number of rotatable bonds is 0. The third kappa shape index (κ3) is 1.02. The number of benzene rings is 1. The van der Waals surface area contributed by atoms with Crippen LogP contribution < -0.4 is 15.0 Å². The SMILES string of the molecule is Cn1c(=O)cc(O)c2ccc3c(c21)OCO3. The predicted octanol–water partition coefficient (Wildman–Crippen LogP) is 0.973. The highest BCUT2D eigenvalue weighted by atomic mass is 16.7. The van der Waals surface area contributed by atoms with Gasteiger partial charge in [-0.3, -0.25) is 4.79 Å². The fourth-order valence-corrected chi connectivity index (χ4v) is 1.90. The first-order chi connectivity index (χ1) is 7.68. The Bertz CT molecular complexity index is 644. The quantitative estimate of drug-likeness (QED) is 0.717. The van der Waals surface area contributed by atoms with Gasteiger partial charge in [-0.2, -0.15) is 0 Å². The Hall–Kier alpha value is -2.17. The molecule has 0 saturated carbocycles. The number of nitrogens with zero attached hydrogens (tertiary/aromatic N) is 1. The van der Waals surface area contributed by atoms with E-state index in [0.29, 0.717) is 22.4 Å². The van der Waals surface area contributed by atoms with Gasteiger partial charge >= 0.3 is 0 Å². The molecule has 1 aromatic heterocycles. The lowest BCUT2D eigenvalue weighted by Crippen LogP contribution is -2.15. The molecule has 0 bridgehead atoms. The summed E-state index contributed by atoms with van der Waals surface area (Å²) in [5, 5.41) is 10.3. The van der Waals surface area contributed by atoms with E-state index in [4.69, 9.17) is 9.47 Å². The minimum Gasteiger partial charge on any atom is -0.507 e. The molecule has 0 fully saturated rings. The molecule has 2 aromatic rings. The number of hydrogen-bond donors (Lipinski definition) is 1. The average molecular weight is 219 g/mol. The van der Waals surface area contributed by atoms with Gasteiger partial charge in [0.05, 0.1) is 0 Å². The maximum Gasteiger partial charge on any atom is 0.254 e. The van der Waals surface area contributed by atoms with Gasteiger partial charge in [0.1, 0.15) is 11.3 Å². The first kappa shape index (κ1) is 9.08. The van der Waals surface area contributed by atoms with Gasteiger partial charge in [0.25, 0.3) is 5.56 Å². The molecule has 1 N–H and O–H groups in total. The molecular weight excluding hydrogens is 210 g/mol. The Morgan fingerprint density at radius 3 is 3.00 bits per heavy atom. The fraction of sp³-hybridized carbons (Fsp3) is 0.182. The van der Waals surface area contributed by atoms with Gasteiger partial charge < -0.3 is 19.1 Å². The first-order valence-electron chi connectivity index (χ1n) is 4.80. The van der Waals surface area contributed by atoms with Crippen molar-refractivity contribution in [2.45, 2.75) is 0 Å². The molecule has 1 aromatic carbocycles. The van der Waals surface area contributed by atoms with Crippen LogP contribution in [0.15, 0.2) is 23.0 Å². The zero-order valence-corrected chi connectivity index (χ0v) is 8.56. The number of aromatic nitrogens is 1. The molecular formula is C11H9NO4. The summed E-state index contributed by atoms with van der Waals surface area (Å²) >= 11 is 0. The zero-order valence-electron chi connectivity index (χ0n) is 8.56. The lowest BCUT2D eigenvalue weighted by atomic mass is 10.1. The highest BCUT2D eigenvalue weighted by Gasteiger charge is 2.20. The van der Waals surface area contributed by atoms with Crippen molar-refractivity contribution < 1.29 is 14.6 Å². The second-order valence-corrected chi connectivity index (χ2v) is 3.62. The van der Waals surface area contributed by atoms with Gasteiger partial charge in [0.15, 0.2) is 11.5 Å². The molecule has 3 rings (SSSR count). The summed E-state index contributed by atoms with van der Waals surface area (Å²) in [5.41, 5.74) is 0.272. The van der Waals surface area contributed by atoms with Crippen LogP contribution in [0.4, 0.5) is 0 Å². The van der Waals surface area contributed by atoms with Gasteiger partial charge in [0.2, 0.25) is 6.79 Å². The molecule has 0 amide bonds. The first-order valence-corrected chi connectivity index (χ1v) is 4.80. The maximum atomic E-state index is 11.6. The van der Waals surface area contributed by atoms with Crippen LogP contribution in [-0.4, -0.2) is 16.5 Å². The molecule has 0 saturated heterocycles. The number of ether oxygens (including phenoxy) is 2. The fourth-order valence-electron chi connectivity index (χ4n) is 1.90. The molecule has 5 nitrogen and oxygen atoms in total. The maximum absolute atomic E-state index is 11.6. The van der Waals surface area contributed by atoms with Crippen molar-refractivity contribution in [2.24, 2.45) is 7.05 Å². The standard InChI is InChI=1S/C11H9NO4/c1-12-9(14)4-7(13)6-2-3-8-11(10(6)12)16-5-15-8/h2-4,13H,5H2,1H3. The summed E-state index contributed by atoms with van der Waals surface area (Å²) in [7, 11) is 1.63. The van der Waals surface area contributed by atoms with Crippen molar-refractivity contribution in [3.8, 4) is 17.2 Å². The molecule has 0 spiro atoms. The minimum atomic E-state index is -0.283. The molecule has 2 heterocycles. The number of fused-ring (bicyclic) bond motifs is 3. The number of aryl methyl sites for hydroxylation is 1. The smallest absolute Gasteiger partial charge is 0.254 e. The summed E-state index contributed by atoms with van der Waals surface area (Å²) in [4.78, 5) is 11.6. The third-order valence-corrected chi connectivity index (χ3v) is 2.72. The predicted molar refractivity (Wildman–Crippen MR) is 57.0 cm³/mol. The van der Waals surface area contributed by atoms with Crippen LogP contribution in [0.3, 0.4) is 0 Å². The lowest BCUT2D eigenvalue weighted by molar-refractivity contribution is 0.174. The zero-order chi connectivity index (χ0) is 11.3. The van der Waals surface area contributed by atoms with Crippen molar-refractivity contribution in [1.29, 1.82) is 0 Å². The Morgan fingerprint density at radius 1 is 1.38 bits per heavy atom. The highest BCUT2D eigenvalue weighted by molar-refractivity contribution is 5.92. The van der Waals surface area contributed by atoms with Crippen molar-refractivity contribution in [3.63, 3.8) is 0 Å². The number of pyridine rings is 1. The summed E-state index contributed by atoms with van der Waals surface area (Å²) in [5.74, 6) is 1.05. The average Bonchev–Trinajstić information content (AvgIpc) is 2.72. The molecule has 82 valence electrons. The number of hydrogen-bond acceptors (Lipinski definition) is 4. The van der Waals surface area contributed by atoms with Crippen LogP contribution in [0, 0.1) is 0 Å². The summed E-state index contributed by atoms with van der Waals surface area (Å²) in [6.07, 6.45) is 0. The normalized spacial score (nSPS) is 13.3. The summed E-state index contributed by atoms with van der Waals surface area (Å²) < 4.78 is 12.0. The Balaban J connectivity index is 2.56. The molecule has 5 heteroatoms. The van der Waals surface area contributed by atoms with E-state index in [-0.39, 0.29) is 18.1 Å². The van der Waals surface area contributed by atoms with E-state index < -0.39 is 0 Å². The van der Waals surface area contributed by atoms with Crippen LogP contribution in [0.5, 0.6) is 17.2 Å². The van der Waals surface area contributed by atoms with Crippen LogP contribution in [0.25, 0.3) is 10.9 Å². The molecule has 1 aliphatic rings. The molecule has 1 aliphatic heterocycles. The summed E-state index contributed by atoms with van der Waals surface area (Å²) in [6, 6.07) is 4.61. The minimum absolute atomic E-state index is 0.0450. The monoisotopic (exact) mass is 219 g/mol. The van der Waals surface area contributed by atoms with Crippen LogP contribution in [0.1, 0.15) is 0 Å². The van der Waals surface area contributed by atoms with Crippen molar-refractivity contribution >= 4 is 10.9 Å². The van der Waals surface area contributed by atoms with E-state index >= 15 is 0 Å². The van der Waals surface area contributed by atoms with Crippen LogP contribution in [-0.2, 0) is 7.05 Å². The van der Waals surface area contributed by atoms with Gasteiger partial charge in [-0.1, -0.05) is 0 Å². The molecule has 0 atom stereocenters. The van der Waals surface area contributed by atoms with E-state index in [0.717, 1.165) is 0 Å². The molecule has 0 unspecified atom stereocenters. The lowest BCUT2D eigenvalue weighted by Gasteiger charge is -2.08. The molecule has 0 aliphatic carbocycles. The van der Waals surface area contributed by atoms with E-state index in [9.17, 15) is 9.90 Å². The van der Waals surface area contributed by atoms with Gasteiger partial charge in [-0.15, -0.1) is 0 Å². The van der Waals surface area contributed by atoms with E-state index in [1.54, 1.807) is 19.2 Å². The molecule has 0 radical (unpaired) electrons. The second-order valence-electron chi connectivity index (χ2n) is 3.62. The third-order valence-electron chi connectivity index (χ3n) is 2.72. The van der Waals surface area contributed by atoms with Gasteiger partial charge in [-0.05, 0) is 12.1 Å². The van der Waals surface area contributed by atoms with E-state index in [2.05, 4.69) is 0 Å². The molecule has 16 heavy (non-hydrogen) atoms. The Labute approximate surface area is 90.4 Å². The number of aromatic hydroxyl groups is 1. The summed E-state index contributed by atoms with van der Waals surface area (Å²) in [6.45, 7) is 0.137. The highest BCUT2D eigenvalue weighted by Crippen LogP contribution is 2.40. The van der Waals surface area contributed by atoms with Gasteiger partial charge in [0, 0.05) is 18.5 Å². The largest absolute Gasteiger partial charge is 0.507 e. The Kier molecular flexibility index (Phi) is 1.65. The topological polar surface area (TPSA) is 60.7 Å². The van der Waals surface area contributed by atoms with Crippen LogP contribution >= 0.6 is 0 Å². The van der Waals surface area contributed by atoms with Crippen molar-refractivity contribution in [2.75, 3.05) is 6.79 Å². The second kappa shape index (κ2) is 2.91. The van der Waals surface area contributed by atoms with E-state index in [1.165, 1.54) is 10.6 Å². The van der Waals surface area contributed by atoms with E-state index in [1.807, 2.05) is 0 Å². The van der Waals surface area contributed by atoms with Crippen molar-refractivity contribution in [3.05, 3.63) is 28.6 Å². The van der Waals surface area contributed by atoms with Gasteiger partial charge in [-0.25, -0.2) is 0 Å². The Morgan fingerprint density at radius 2 is 2.19 bits per heavy atom. The van der Waals surface area contributed by atoms with Crippen molar-refractivity contribution in [1.82, 2.24) is 4.57 Å². The van der Waals surface area contributed by atoms with Crippen LogP contribution in [0.2, 0.25) is 0 Å².